The van der Waals surface area contributed by atoms with Gasteiger partial charge >= 0.3 is 0 Å². The largest absolute Gasteiger partial charge is 0.397 e. The molecule has 2 rings (SSSR count). The van der Waals surface area contributed by atoms with Gasteiger partial charge in [-0.15, -0.1) is 0 Å². The van der Waals surface area contributed by atoms with Crippen LogP contribution in [-0.4, -0.2) is 35.7 Å². The number of morpholine rings is 1. The Morgan fingerprint density at radius 3 is 3.13 bits per heavy atom. The summed E-state index contributed by atoms with van der Waals surface area (Å²) in [6, 6.07) is 4.35. The van der Waals surface area contributed by atoms with Crippen molar-refractivity contribution in [3.8, 4) is 0 Å². The van der Waals surface area contributed by atoms with E-state index < -0.39 is 0 Å². The molecule has 1 saturated heterocycles. The van der Waals surface area contributed by atoms with Crippen molar-refractivity contribution in [2.45, 2.75) is 19.5 Å². The molecule has 82 valence electrons. The van der Waals surface area contributed by atoms with Gasteiger partial charge in [-0.3, -0.25) is 9.88 Å². The Hall–Kier alpha value is -1.13. The van der Waals surface area contributed by atoms with Gasteiger partial charge in [0.05, 0.1) is 30.8 Å². The molecule has 1 aromatic heterocycles. The second-order valence-electron chi connectivity index (χ2n) is 3.98. The molecule has 0 amide bonds. The highest BCUT2D eigenvalue weighted by Crippen LogP contribution is 2.11. The van der Waals surface area contributed by atoms with E-state index >= 15 is 0 Å². The summed E-state index contributed by atoms with van der Waals surface area (Å²) in [5, 5.41) is 0. The maximum absolute atomic E-state index is 5.59. The third-order valence-corrected chi connectivity index (χ3v) is 2.72. The van der Waals surface area contributed by atoms with Crippen molar-refractivity contribution in [2.24, 2.45) is 0 Å². The van der Waals surface area contributed by atoms with Gasteiger partial charge < -0.3 is 10.5 Å². The first kappa shape index (κ1) is 10.4. The van der Waals surface area contributed by atoms with Gasteiger partial charge in [0.1, 0.15) is 0 Å². The van der Waals surface area contributed by atoms with Gasteiger partial charge in [-0.2, -0.15) is 0 Å². The van der Waals surface area contributed by atoms with Gasteiger partial charge in [0.15, 0.2) is 0 Å². The molecular weight excluding hydrogens is 190 g/mol. The minimum absolute atomic E-state index is 0.470. The molecule has 15 heavy (non-hydrogen) atoms. The molecular formula is C11H17N3O. The molecule has 0 unspecified atom stereocenters. The van der Waals surface area contributed by atoms with Crippen LogP contribution in [-0.2, 0) is 11.3 Å². The van der Waals surface area contributed by atoms with Gasteiger partial charge in [0.2, 0.25) is 0 Å². The second-order valence-corrected chi connectivity index (χ2v) is 3.98. The fourth-order valence-electron chi connectivity index (χ4n) is 1.73. The highest BCUT2D eigenvalue weighted by molar-refractivity contribution is 5.34. The summed E-state index contributed by atoms with van der Waals surface area (Å²) in [6.45, 7) is 5.67. The van der Waals surface area contributed by atoms with Crippen molar-refractivity contribution in [1.82, 2.24) is 9.88 Å². The summed E-state index contributed by atoms with van der Waals surface area (Å²) in [7, 11) is 0. The van der Waals surface area contributed by atoms with Gasteiger partial charge in [0.25, 0.3) is 0 Å². The summed E-state index contributed by atoms with van der Waals surface area (Å²) in [4.78, 5) is 6.68. The zero-order valence-electron chi connectivity index (χ0n) is 9.02. The van der Waals surface area contributed by atoms with E-state index in [2.05, 4.69) is 16.8 Å². The molecule has 4 nitrogen and oxygen atoms in total. The number of anilines is 1. The fraction of sp³-hybridized carbons (Fsp3) is 0.545. The summed E-state index contributed by atoms with van der Waals surface area (Å²) in [6.07, 6.45) is 1.71. The van der Waals surface area contributed by atoms with E-state index in [9.17, 15) is 0 Å². The van der Waals surface area contributed by atoms with E-state index in [1.54, 1.807) is 6.20 Å². The SMILES string of the molecule is C[C@H]1COCCN1Cc1ccc(N)cn1. The quantitative estimate of drug-likeness (QED) is 0.782. The number of rotatable bonds is 2. The lowest BCUT2D eigenvalue weighted by Crippen LogP contribution is -2.43. The van der Waals surface area contributed by atoms with Crippen molar-refractivity contribution in [1.29, 1.82) is 0 Å². The predicted molar refractivity (Wildman–Crippen MR) is 59.3 cm³/mol. The van der Waals surface area contributed by atoms with Crippen LogP contribution in [0.25, 0.3) is 0 Å². The number of nitrogens with two attached hydrogens (primary N) is 1. The fourth-order valence-corrected chi connectivity index (χ4v) is 1.73. The van der Waals surface area contributed by atoms with E-state index in [1.807, 2.05) is 12.1 Å². The molecule has 1 aliphatic heterocycles. The highest BCUT2D eigenvalue weighted by atomic mass is 16.5. The second kappa shape index (κ2) is 4.59. The van der Waals surface area contributed by atoms with Crippen LogP contribution in [0.3, 0.4) is 0 Å². The Labute approximate surface area is 90.0 Å². The molecule has 0 saturated carbocycles. The van der Waals surface area contributed by atoms with Gasteiger partial charge in [-0.1, -0.05) is 0 Å². The normalized spacial score (nSPS) is 22.9. The number of nitrogen functional groups attached to an aromatic ring is 1. The minimum atomic E-state index is 0.470. The third-order valence-electron chi connectivity index (χ3n) is 2.72. The lowest BCUT2D eigenvalue weighted by Gasteiger charge is -2.32. The molecule has 2 heterocycles. The number of ether oxygens (including phenoxy) is 1. The predicted octanol–water partition coefficient (Wildman–Crippen LogP) is 0.884. The molecule has 1 aliphatic rings. The molecule has 1 aromatic rings. The molecule has 4 heteroatoms. The average molecular weight is 207 g/mol. The first-order valence-electron chi connectivity index (χ1n) is 5.28. The molecule has 0 bridgehead atoms. The van der Waals surface area contributed by atoms with E-state index in [0.29, 0.717) is 11.7 Å². The maximum Gasteiger partial charge on any atom is 0.0619 e. The lowest BCUT2D eigenvalue weighted by molar-refractivity contribution is -0.00490. The molecule has 0 aromatic carbocycles. The Morgan fingerprint density at radius 2 is 2.47 bits per heavy atom. The Balaban J connectivity index is 1.98. The Kier molecular flexibility index (Phi) is 3.18. The van der Waals surface area contributed by atoms with Gasteiger partial charge in [-0.05, 0) is 19.1 Å². The van der Waals surface area contributed by atoms with E-state index in [1.165, 1.54) is 0 Å². The van der Waals surface area contributed by atoms with Gasteiger partial charge in [-0.25, -0.2) is 0 Å². The monoisotopic (exact) mass is 207 g/mol. The average Bonchev–Trinajstić information content (AvgIpc) is 2.25. The number of hydrogen-bond donors (Lipinski definition) is 1. The maximum atomic E-state index is 5.59. The Morgan fingerprint density at radius 1 is 1.60 bits per heavy atom. The number of nitrogens with zero attached hydrogens (tertiary/aromatic N) is 2. The van der Waals surface area contributed by atoms with Crippen LogP contribution in [0.15, 0.2) is 18.3 Å². The smallest absolute Gasteiger partial charge is 0.0619 e. The number of pyridine rings is 1. The molecule has 0 spiro atoms. The van der Waals surface area contributed by atoms with Crippen molar-refractivity contribution < 1.29 is 4.74 Å². The summed E-state index contributed by atoms with van der Waals surface area (Å²) >= 11 is 0. The zero-order valence-corrected chi connectivity index (χ0v) is 9.02. The van der Waals surface area contributed by atoms with Crippen LogP contribution in [0.1, 0.15) is 12.6 Å². The minimum Gasteiger partial charge on any atom is -0.397 e. The van der Waals surface area contributed by atoms with Crippen molar-refractivity contribution in [2.75, 3.05) is 25.5 Å². The first-order valence-corrected chi connectivity index (χ1v) is 5.28. The van der Waals surface area contributed by atoms with Crippen molar-refractivity contribution in [3.63, 3.8) is 0 Å². The van der Waals surface area contributed by atoms with Gasteiger partial charge in [0, 0.05) is 19.1 Å². The summed E-state index contributed by atoms with van der Waals surface area (Å²) in [5.41, 5.74) is 7.38. The molecule has 0 radical (unpaired) electrons. The van der Waals surface area contributed by atoms with E-state index in [4.69, 9.17) is 10.5 Å². The third kappa shape index (κ3) is 2.67. The van der Waals surface area contributed by atoms with Crippen LogP contribution in [0.2, 0.25) is 0 Å². The molecule has 0 aliphatic carbocycles. The first-order chi connectivity index (χ1) is 7.25. The molecule has 2 N–H and O–H groups in total. The standard InChI is InChI=1S/C11H17N3O/c1-9-8-15-5-4-14(9)7-11-3-2-10(12)6-13-11/h2-3,6,9H,4-5,7-8,12H2,1H3/t9-/m0/s1. The van der Waals surface area contributed by atoms with Crippen LogP contribution < -0.4 is 5.73 Å². The van der Waals surface area contributed by atoms with Crippen LogP contribution in [0.4, 0.5) is 5.69 Å². The topological polar surface area (TPSA) is 51.4 Å². The van der Waals surface area contributed by atoms with E-state index in [0.717, 1.165) is 32.0 Å². The Bertz CT molecular complexity index is 312. The van der Waals surface area contributed by atoms with Crippen molar-refractivity contribution >= 4 is 5.69 Å². The van der Waals surface area contributed by atoms with Crippen LogP contribution in [0.5, 0.6) is 0 Å². The van der Waals surface area contributed by atoms with Crippen molar-refractivity contribution in [3.05, 3.63) is 24.0 Å². The molecule has 1 atom stereocenters. The number of aromatic nitrogens is 1. The summed E-state index contributed by atoms with van der Waals surface area (Å²) in [5.74, 6) is 0. The van der Waals surface area contributed by atoms with Crippen LogP contribution >= 0.6 is 0 Å². The molecule has 1 fully saturated rings. The van der Waals surface area contributed by atoms with Crippen LogP contribution in [0, 0.1) is 0 Å². The lowest BCUT2D eigenvalue weighted by atomic mass is 10.2. The zero-order chi connectivity index (χ0) is 10.7. The van der Waals surface area contributed by atoms with E-state index in [-0.39, 0.29) is 0 Å². The summed E-state index contributed by atoms with van der Waals surface area (Å²) < 4.78 is 5.39. The highest BCUT2D eigenvalue weighted by Gasteiger charge is 2.18. The number of hydrogen-bond acceptors (Lipinski definition) is 4.